The largest absolute Gasteiger partial charge is 0.416 e. The molecule has 2 aromatic carbocycles. The predicted octanol–water partition coefficient (Wildman–Crippen LogP) is 2.91. The molecule has 0 aromatic heterocycles. The van der Waals surface area contributed by atoms with Crippen LogP contribution in [0.25, 0.3) is 0 Å². The number of nitrogens with one attached hydrogen (secondary N) is 2. The van der Waals surface area contributed by atoms with E-state index in [2.05, 4.69) is 10.6 Å². The van der Waals surface area contributed by atoms with Crippen molar-refractivity contribution in [2.24, 2.45) is 0 Å². The number of anilines is 2. The topological polar surface area (TPSA) is 78.5 Å². The Kier molecular flexibility index (Phi) is 3.91. The van der Waals surface area contributed by atoms with Crippen molar-refractivity contribution >= 4 is 29.1 Å². The Bertz CT molecular complexity index is 1010. The summed E-state index contributed by atoms with van der Waals surface area (Å²) in [7, 11) is 0. The third-order valence-corrected chi connectivity index (χ3v) is 4.87. The molecule has 0 bridgehead atoms. The van der Waals surface area contributed by atoms with Crippen molar-refractivity contribution < 1.29 is 27.6 Å². The lowest BCUT2D eigenvalue weighted by molar-refractivity contribution is -0.137. The number of rotatable bonds is 2. The first-order valence-electron chi connectivity index (χ1n) is 8.46. The van der Waals surface area contributed by atoms with Gasteiger partial charge in [0.25, 0.3) is 11.8 Å². The molecule has 2 aromatic rings. The van der Waals surface area contributed by atoms with Crippen LogP contribution in [0, 0.1) is 0 Å². The Morgan fingerprint density at radius 2 is 1.86 bits per heavy atom. The molecule has 1 saturated heterocycles. The average molecular weight is 389 g/mol. The van der Waals surface area contributed by atoms with Gasteiger partial charge in [-0.2, -0.15) is 13.2 Å². The fourth-order valence-electron chi connectivity index (χ4n) is 3.58. The van der Waals surface area contributed by atoms with Gasteiger partial charge in [0.15, 0.2) is 0 Å². The van der Waals surface area contributed by atoms with Crippen molar-refractivity contribution in [3.63, 3.8) is 0 Å². The monoisotopic (exact) mass is 389 g/mol. The highest BCUT2D eigenvalue weighted by molar-refractivity contribution is 6.18. The SMILES string of the molecule is O=C1N[C@@]2(C(=O)Nc3cccc(C(F)(F)F)c3)CCC(=O)N2c2ccccc21. The van der Waals surface area contributed by atoms with Gasteiger partial charge in [-0.1, -0.05) is 18.2 Å². The van der Waals surface area contributed by atoms with Crippen LogP contribution >= 0.6 is 0 Å². The van der Waals surface area contributed by atoms with Gasteiger partial charge < -0.3 is 10.6 Å². The molecule has 4 rings (SSSR count). The molecule has 144 valence electrons. The van der Waals surface area contributed by atoms with Crippen molar-refractivity contribution in [3.8, 4) is 0 Å². The average Bonchev–Trinajstić information content (AvgIpc) is 2.99. The van der Waals surface area contributed by atoms with Crippen molar-refractivity contribution in [2.45, 2.75) is 24.7 Å². The number of carbonyl (C=O) groups is 3. The van der Waals surface area contributed by atoms with Crippen LogP contribution in [0.5, 0.6) is 0 Å². The van der Waals surface area contributed by atoms with E-state index in [1.807, 2.05) is 0 Å². The van der Waals surface area contributed by atoms with Crippen LogP contribution < -0.4 is 15.5 Å². The van der Waals surface area contributed by atoms with Crippen LogP contribution in [0.3, 0.4) is 0 Å². The first-order valence-corrected chi connectivity index (χ1v) is 8.46. The molecule has 1 atom stereocenters. The number of hydrogen-bond donors (Lipinski definition) is 2. The Morgan fingerprint density at radius 3 is 2.61 bits per heavy atom. The third kappa shape index (κ3) is 2.70. The molecule has 28 heavy (non-hydrogen) atoms. The summed E-state index contributed by atoms with van der Waals surface area (Å²) in [5.74, 6) is -1.66. The molecule has 1 fully saturated rings. The number of alkyl halides is 3. The third-order valence-electron chi connectivity index (χ3n) is 4.87. The van der Waals surface area contributed by atoms with E-state index in [4.69, 9.17) is 0 Å². The maximum Gasteiger partial charge on any atom is 0.416 e. The number of hydrogen-bond acceptors (Lipinski definition) is 3. The van der Waals surface area contributed by atoms with Crippen LogP contribution in [-0.2, 0) is 15.8 Å². The summed E-state index contributed by atoms with van der Waals surface area (Å²) in [6.07, 6.45) is -4.53. The van der Waals surface area contributed by atoms with Gasteiger partial charge in [-0.25, -0.2) is 0 Å². The first kappa shape index (κ1) is 18.0. The molecule has 2 aliphatic rings. The molecule has 0 aliphatic carbocycles. The second kappa shape index (κ2) is 6.08. The van der Waals surface area contributed by atoms with Gasteiger partial charge in [-0.3, -0.25) is 19.3 Å². The molecule has 9 heteroatoms. The molecule has 0 radical (unpaired) electrons. The van der Waals surface area contributed by atoms with Gasteiger partial charge in [-0.15, -0.1) is 0 Å². The number of amides is 3. The summed E-state index contributed by atoms with van der Waals surface area (Å²) < 4.78 is 38.8. The Labute approximate surface area is 157 Å². The van der Waals surface area contributed by atoms with Gasteiger partial charge >= 0.3 is 6.18 Å². The summed E-state index contributed by atoms with van der Waals surface area (Å²) in [5.41, 5.74) is -2.13. The number of halogens is 3. The molecule has 2 N–H and O–H groups in total. The van der Waals surface area contributed by atoms with Gasteiger partial charge in [0, 0.05) is 18.5 Å². The summed E-state index contributed by atoms with van der Waals surface area (Å²) in [4.78, 5) is 39.2. The Morgan fingerprint density at radius 1 is 1.11 bits per heavy atom. The van der Waals surface area contributed by atoms with E-state index in [-0.39, 0.29) is 30.0 Å². The van der Waals surface area contributed by atoms with Crippen LogP contribution in [0.2, 0.25) is 0 Å². The van der Waals surface area contributed by atoms with Gasteiger partial charge in [0.1, 0.15) is 0 Å². The second-order valence-electron chi connectivity index (χ2n) is 6.59. The van der Waals surface area contributed by atoms with Gasteiger partial charge in [0.2, 0.25) is 11.6 Å². The highest BCUT2D eigenvalue weighted by Gasteiger charge is 2.56. The van der Waals surface area contributed by atoms with Crippen molar-refractivity contribution in [1.82, 2.24) is 5.32 Å². The maximum absolute atomic E-state index is 13.0. The smallest absolute Gasteiger partial charge is 0.322 e. The minimum absolute atomic E-state index is 0.0106. The van der Waals surface area contributed by atoms with E-state index in [1.165, 1.54) is 23.1 Å². The van der Waals surface area contributed by atoms with E-state index in [0.29, 0.717) is 5.69 Å². The number of para-hydroxylation sites is 1. The zero-order valence-corrected chi connectivity index (χ0v) is 14.3. The molecule has 2 aliphatic heterocycles. The highest BCUT2D eigenvalue weighted by Crippen LogP contribution is 2.40. The van der Waals surface area contributed by atoms with Crippen molar-refractivity contribution in [3.05, 3.63) is 59.7 Å². The lowest BCUT2D eigenvalue weighted by Gasteiger charge is -2.41. The minimum atomic E-state index is -4.56. The maximum atomic E-state index is 13.0. The lowest BCUT2D eigenvalue weighted by Crippen LogP contribution is -2.68. The van der Waals surface area contributed by atoms with Gasteiger partial charge in [-0.05, 0) is 30.3 Å². The molecule has 2 heterocycles. The molecule has 0 saturated carbocycles. The molecule has 6 nitrogen and oxygen atoms in total. The minimum Gasteiger partial charge on any atom is -0.322 e. The Balaban J connectivity index is 1.71. The van der Waals surface area contributed by atoms with E-state index in [9.17, 15) is 27.6 Å². The fraction of sp³-hybridized carbons (Fsp3) is 0.211. The standard InChI is InChI=1S/C19H14F3N3O3/c20-19(21,22)11-4-3-5-12(10-11)23-17(28)18-9-8-15(26)25(18)14-7-2-1-6-13(14)16(27)24-18/h1-7,10H,8-9H2,(H,23,28)(H,24,27)/t18-/m0/s1. The zero-order valence-electron chi connectivity index (χ0n) is 14.3. The van der Waals surface area contributed by atoms with E-state index in [0.717, 1.165) is 12.1 Å². The van der Waals surface area contributed by atoms with Crippen LogP contribution in [0.4, 0.5) is 24.5 Å². The zero-order chi connectivity index (χ0) is 20.1. The number of carbonyl (C=O) groups excluding carboxylic acids is 3. The number of nitrogens with zero attached hydrogens (tertiary/aromatic N) is 1. The van der Waals surface area contributed by atoms with Crippen molar-refractivity contribution in [2.75, 3.05) is 10.2 Å². The molecular weight excluding hydrogens is 375 g/mol. The highest BCUT2D eigenvalue weighted by atomic mass is 19.4. The van der Waals surface area contributed by atoms with Crippen molar-refractivity contribution in [1.29, 1.82) is 0 Å². The molecule has 3 amide bonds. The first-order chi connectivity index (χ1) is 13.2. The summed E-state index contributed by atoms with van der Waals surface area (Å²) >= 11 is 0. The summed E-state index contributed by atoms with van der Waals surface area (Å²) in [6, 6.07) is 10.5. The summed E-state index contributed by atoms with van der Waals surface area (Å²) in [5, 5.41) is 4.99. The fourth-order valence-corrected chi connectivity index (χ4v) is 3.58. The molecular formula is C19H14F3N3O3. The van der Waals surface area contributed by atoms with Crippen LogP contribution in [-0.4, -0.2) is 23.4 Å². The molecule has 0 unspecified atom stereocenters. The normalized spacial score (nSPS) is 21.0. The van der Waals surface area contributed by atoms with Gasteiger partial charge in [0.05, 0.1) is 16.8 Å². The van der Waals surface area contributed by atoms with Crippen LogP contribution in [0.1, 0.15) is 28.8 Å². The van der Waals surface area contributed by atoms with E-state index >= 15 is 0 Å². The second-order valence-corrected chi connectivity index (χ2v) is 6.59. The molecule has 0 spiro atoms. The predicted molar refractivity (Wildman–Crippen MR) is 93.4 cm³/mol. The van der Waals surface area contributed by atoms with Crippen LogP contribution in [0.15, 0.2) is 48.5 Å². The number of fused-ring (bicyclic) bond motifs is 3. The quantitative estimate of drug-likeness (QED) is 0.829. The Hall–Kier alpha value is -3.36. The van der Waals surface area contributed by atoms with E-state index < -0.39 is 29.2 Å². The summed E-state index contributed by atoms with van der Waals surface area (Å²) in [6.45, 7) is 0. The lowest BCUT2D eigenvalue weighted by atomic mass is 9.98. The number of benzene rings is 2. The van der Waals surface area contributed by atoms with E-state index in [1.54, 1.807) is 18.2 Å².